The molecule has 0 aliphatic carbocycles. The van der Waals surface area contributed by atoms with Crippen molar-refractivity contribution >= 4 is 11.9 Å². The highest BCUT2D eigenvalue weighted by Gasteiger charge is 2.06. The summed E-state index contributed by atoms with van der Waals surface area (Å²) in [5, 5.41) is 2.63. The molecule has 5 nitrogen and oxygen atoms in total. The van der Waals surface area contributed by atoms with Gasteiger partial charge in [-0.25, -0.2) is 4.98 Å². The summed E-state index contributed by atoms with van der Waals surface area (Å²) in [5.41, 5.74) is 0. The fraction of sp³-hybridized carbons (Fsp3) is 0.545. The van der Waals surface area contributed by atoms with Crippen molar-refractivity contribution in [3.05, 3.63) is 12.3 Å². The molecule has 0 radical (unpaired) electrons. The number of amides is 1. The van der Waals surface area contributed by atoms with Crippen molar-refractivity contribution in [2.75, 3.05) is 12.4 Å². The van der Waals surface area contributed by atoms with Gasteiger partial charge in [-0.2, -0.15) is 4.98 Å². The van der Waals surface area contributed by atoms with Crippen LogP contribution in [0.1, 0.15) is 26.7 Å². The van der Waals surface area contributed by atoms with E-state index < -0.39 is 0 Å². The lowest BCUT2D eigenvalue weighted by Gasteiger charge is -2.06. The predicted octanol–water partition coefficient (Wildman–Crippen LogP) is 1.86. The summed E-state index contributed by atoms with van der Waals surface area (Å²) >= 11 is 0. The molecule has 1 rings (SSSR count). The number of hydrogen-bond donors (Lipinski definition) is 1. The van der Waals surface area contributed by atoms with Crippen LogP contribution in [0.25, 0.3) is 0 Å². The molecule has 0 fully saturated rings. The van der Waals surface area contributed by atoms with Crippen LogP contribution < -0.4 is 10.1 Å². The van der Waals surface area contributed by atoms with E-state index in [-0.39, 0.29) is 11.9 Å². The second kappa shape index (κ2) is 6.05. The Balaban J connectivity index is 2.49. The number of methoxy groups -OCH3 is 1. The van der Waals surface area contributed by atoms with Gasteiger partial charge in [0.15, 0.2) is 0 Å². The Morgan fingerprint density at radius 2 is 2.31 bits per heavy atom. The van der Waals surface area contributed by atoms with Gasteiger partial charge in [0.05, 0.1) is 7.11 Å². The van der Waals surface area contributed by atoms with E-state index >= 15 is 0 Å². The number of nitrogens with zero attached hydrogens (tertiary/aromatic N) is 2. The van der Waals surface area contributed by atoms with Crippen LogP contribution in [0.5, 0.6) is 5.88 Å². The smallest absolute Gasteiger partial charge is 0.232 e. The third kappa shape index (κ3) is 4.25. The van der Waals surface area contributed by atoms with Crippen molar-refractivity contribution in [1.82, 2.24) is 9.97 Å². The van der Waals surface area contributed by atoms with Gasteiger partial charge in [-0.15, -0.1) is 0 Å². The monoisotopic (exact) mass is 223 g/mol. The molecule has 0 bridgehead atoms. The second-order valence-corrected chi connectivity index (χ2v) is 3.90. The van der Waals surface area contributed by atoms with Crippen LogP contribution in [0.3, 0.4) is 0 Å². The van der Waals surface area contributed by atoms with E-state index in [1.165, 1.54) is 7.11 Å². The summed E-state index contributed by atoms with van der Waals surface area (Å²) in [6.45, 7) is 4.16. The lowest BCUT2D eigenvalue weighted by atomic mass is 10.1. The highest BCUT2D eigenvalue weighted by Crippen LogP contribution is 2.09. The summed E-state index contributed by atoms with van der Waals surface area (Å²) in [6.07, 6.45) is 2.89. The number of hydrogen-bond acceptors (Lipinski definition) is 4. The Hall–Kier alpha value is -1.65. The number of carbonyl (C=O) groups is 1. The first kappa shape index (κ1) is 12.4. The Labute approximate surface area is 95.3 Å². The van der Waals surface area contributed by atoms with Crippen LogP contribution in [0.2, 0.25) is 0 Å². The summed E-state index contributed by atoms with van der Waals surface area (Å²) in [7, 11) is 1.52. The molecule has 1 aromatic heterocycles. The summed E-state index contributed by atoms with van der Waals surface area (Å²) in [6, 6.07) is 1.63. The van der Waals surface area contributed by atoms with Crippen molar-refractivity contribution in [3.8, 4) is 5.88 Å². The van der Waals surface area contributed by atoms with Gasteiger partial charge in [0.25, 0.3) is 0 Å². The fourth-order valence-electron chi connectivity index (χ4n) is 1.12. The van der Waals surface area contributed by atoms with Gasteiger partial charge in [0.1, 0.15) is 0 Å². The predicted molar refractivity (Wildman–Crippen MR) is 61.3 cm³/mol. The fourth-order valence-corrected chi connectivity index (χ4v) is 1.12. The van der Waals surface area contributed by atoms with Crippen LogP contribution in [0, 0.1) is 5.92 Å². The molecule has 0 unspecified atom stereocenters. The van der Waals surface area contributed by atoms with E-state index in [4.69, 9.17) is 4.74 Å². The minimum Gasteiger partial charge on any atom is -0.481 e. The molecule has 0 saturated carbocycles. The van der Waals surface area contributed by atoms with Crippen molar-refractivity contribution < 1.29 is 9.53 Å². The molecule has 0 atom stereocenters. The maximum atomic E-state index is 11.5. The third-order valence-corrected chi connectivity index (χ3v) is 2.04. The van der Waals surface area contributed by atoms with Crippen molar-refractivity contribution in [2.45, 2.75) is 26.7 Å². The highest BCUT2D eigenvalue weighted by molar-refractivity contribution is 5.88. The molecular weight excluding hydrogens is 206 g/mol. The summed E-state index contributed by atoms with van der Waals surface area (Å²) in [5.74, 6) is 1.17. The van der Waals surface area contributed by atoms with E-state index in [0.717, 1.165) is 6.42 Å². The van der Waals surface area contributed by atoms with Gasteiger partial charge in [-0.05, 0) is 12.3 Å². The highest BCUT2D eigenvalue weighted by atomic mass is 16.5. The molecule has 16 heavy (non-hydrogen) atoms. The lowest BCUT2D eigenvalue weighted by molar-refractivity contribution is -0.116. The number of aromatic nitrogens is 2. The number of nitrogens with one attached hydrogen (secondary N) is 1. The van der Waals surface area contributed by atoms with Crippen molar-refractivity contribution in [2.24, 2.45) is 5.92 Å². The van der Waals surface area contributed by atoms with Gasteiger partial charge in [0, 0.05) is 18.7 Å². The molecule has 1 amide bonds. The van der Waals surface area contributed by atoms with E-state index in [0.29, 0.717) is 18.2 Å². The van der Waals surface area contributed by atoms with Gasteiger partial charge in [-0.1, -0.05) is 13.8 Å². The maximum Gasteiger partial charge on any atom is 0.232 e. The zero-order valence-electron chi connectivity index (χ0n) is 9.86. The molecule has 0 spiro atoms. The first-order valence-electron chi connectivity index (χ1n) is 5.28. The molecule has 1 aromatic rings. The Morgan fingerprint density at radius 1 is 1.56 bits per heavy atom. The second-order valence-electron chi connectivity index (χ2n) is 3.90. The molecule has 1 N–H and O–H groups in total. The first-order valence-corrected chi connectivity index (χ1v) is 5.28. The Kier molecular flexibility index (Phi) is 4.69. The van der Waals surface area contributed by atoms with E-state index in [1.54, 1.807) is 12.3 Å². The molecule has 0 aromatic carbocycles. The minimum absolute atomic E-state index is 0.0676. The summed E-state index contributed by atoms with van der Waals surface area (Å²) in [4.78, 5) is 19.4. The van der Waals surface area contributed by atoms with Gasteiger partial charge in [-0.3, -0.25) is 10.1 Å². The molecule has 1 heterocycles. The molecular formula is C11H17N3O2. The summed E-state index contributed by atoms with van der Waals surface area (Å²) < 4.78 is 4.93. The number of carbonyl (C=O) groups excluding carboxylic acids is 1. The van der Waals surface area contributed by atoms with Crippen LogP contribution in [0.15, 0.2) is 12.3 Å². The van der Waals surface area contributed by atoms with Crippen LogP contribution >= 0.6 is 0 Å². The van der Waals surface area contributed by atoms with Gasteiger partial charge >= 0.3 is 0 Å². The molecule has 0 saturated heterocycles. The van der Waals surface area contributed by atoms with Gasteiger partial charge < -0.3 is 4.74 Å². The Morgan fingerprint density at radius 3 is 2.94 bits per heavy atom. The zero-order valence-corrected chi connectivity index (χ0v) is 9.86. The van der Waals surface area contributed by atoms with E-state index in [9.17, 15) is 4.79 Å². The molecule has 0 aliphatic rings. The number of ether oxygens (including phenoxy) is 1. The Bertz CT molecular complexity index is 353. The third-order valence-electron chi connectivity index (χ3n) is 2.04. The average molecular weight is 223 g/mol. The topological polar surface area (TPSA) is 64.1 Å². The largest absolute Gasteiger partial charge is 0.481 e. The van der Waals surface area contributed by atoms with Crippen LogP contribution in [-0.4, -0.2) is 23.0 Å². The van der Waals surface area contributed by atoms with E-state index in [1.807, 2.05) is 0 Å². The minimum atomic E-state index is -0.0676. The van der Waals surface area contributed by atoms with Crippen LogP contribution in [-0.2, 0) is 4.79 Å². The average Bonchev–Trinajstić information content (AvgIpc) is 2.26. The standard InChI is InChI=1S/C11H17N3O2/c1-8(2)4-5-9(15)13-11-12-7-6-10(14-11)16-3/h6-8H,4-5H2,1-3H3,(H,12,13,14,15). The zero-order chi connectivity index (χ0) is 12.0. The lowest BCUT2D eigenvalue weighted by Crippen LogP contribution is -2.14. The molecule has 5 heteroatoms. The first-order chi connectivity index (χ1) is 7.61. The molecule has 0 aliphatic heterocycles. The maximum absolute atomic E-state index is 11.5. The van der Waals surface area contributed by atoms with Gasteiger partial charge in [0.2, 0.25) is 17.7 Å². The quantitative estimate of drug-likeness (QED) is 0.827. The van der Waals surface area contributed by atoms with Crippen molar-refractivity contribution in [1.29, 1.82) is 0 Å². The number of anilines is 1. The molecule has 88 valence electrons. The SMILES string of the molecule is COc1ccnc(NC(=O)CCC(C)C)n1. The normalized spacial score (nSPS) is 10.2. The van der Waals surface area contributed by atoms with Crippen molar-refractivity contribution in [3.63, 3.8) is 0 Å². The van der Waals surface area contributed by atoms with E-state index in [2.05, 4.69) is 29.1 Å². The number of rotatable bonds is 5. The van der Waals surface area contributed by atoms with Crippen LogP contribution in [0.4, 0.5) is 5.95 Å².